The molecule has 0 aromatic carbocycles. The Hall–Kier alpha value is -1.80. The van der Waals surface area contributed by atoms with Crippen LogP contribution in [0, 0.1) is 0 Å². The third kappa shape index (κ3) is 2.42. The molecular weight excluding hydrogens is 304 g/mol. The van der Waals surface area contributed by atoms with Crippen LogP contribution in [-0.4, -0.2) is 46.2 Å². The Kier molecular flexibility index (Phi) is 3.23. The number of hydrogen-bond donors (Lipinski definition) is 0. The zero-order valence-electron chi connectivity index (χ0n) is 11.9. The number of aromatic nitrogens is 3. The molecule has 2 aromatic heterocycles. The van der Waals surface area contributed by atoms with Gasteiger partial charge in [0.15, 0.2) is 0 Å². The van der Waals surface area contributed by atoms with E-state index in [0.717, 1.165) is 24.8 Å². The summed E-state index contributed by atoms with van der Waals surface area (Å²) in [5, 5.41) is 3.82. The fraction of sp³-hybridized carbons (Fsp3) is 0.500. The Bertz CT molecular complexity index is 770. The molecule has 116 valence electrons. The Labute approximate surface area is 128 Å². The van der Waals surface area contributed by atoms with Crippen molar-refractivity contribution in [2.45, 2.75) is 30.4 Å². The van der Waals surface area contributed by atoms with E-state index in [1.165, 1.54) is 0 Å². The van der Waals surface area contributed by atoms with Crippen LogP contribution >= 0.6 is 0 Å². The van der Waals surface area contributed by atoms with Crippen molar-refractivity contribution in [2.24, 2.45) is 0 Å². The van der Waals surface area contributed by atoms with Crippen molar-refractivity contribution in [3.63, 3.8) is 0 Å². The maximum atomic E-state index is 12.3. The van der Waals surface area contributed by atoms with Gasteiger partial charge in [0.2, 0.25) is 21.7 Å². The average Bonchev–Trinajstić information content (AvgIpc) is 3.09. The molecule has 0 amide bonds. The van der Waals surface area contributed by atoms with Gasteiger partial charge in [-0.3, -0.25) is 4.98 Å². The molecule has 7 nitrogen and oxygen atoms in total. The number of rotatable bonds is 4. The first kappa shape index (κ1) is 13.8. The van der Waals surface area contributed by atoms with E-state index in [9.17, 15) is 8.42 Å². The molecule has 2 fully saturated rings. The number of hydrogen-bond acceptors (Lipinski definition) is 6. The lowest BCUT2D eigenvalue weighted by Crippen LogP contribution is -2.31. The quantitative estimate of drug-likeness (QED) is 0.846. The van der Waals surface area contributed by atoms with Crippen molar-refractivity contribution in [1.82, 2.24) is 19.4 Å². The molecule has 1 saturated carbocycles. The van der Waals surface area contributed by atoms with E-state index in [4.69, 9.17) is 4.52 Å². The lowest BCUT2D eigenvalue weighted by Gasteiger charge is -2.14. The van der Waals surface area contributed by atoms with E-state index in [-0.39, 0.29) is 11.2 Å². The van der Waals surface area contributed by atoms with Gasteiger partial charge < -0.3 is 4.52 Å². The predicted octanol–water partition coefficient (Wildman–Crippen LogP) is 1.41. The predicted molar refractivity (Wildman–Crippen MR) is 78.4 cm³/mol. The van der Waals surface area contributed by atoms with Crippen molar-refractivity contribution >= 4 is 10.0 Å². The minimum atomic E-state index is -3.12. The fourth-order valence-corrected chi connectivity index (χ4v) is 4.66. The molecular formula is C14H16N4O3S. The second-order valence-electron chi connectivity index (χ2n) is 5.78. The third-order valence-electron chi connectivity index (χ3n) is 4.19. The highest BCUT2D eigenvalue weighted by Gasteiger charge is 2.43. The second-order valence-corrected chi connectivity index (χ2v) is 7.99. The fourth-order valence-electron chi connectivity index (χ4n) is 2.76. The summed E-state index contributed by atoms with van der Waals surface area (Å²) in [5.74, 6) is 1.01. The molecule has 1 atom stereocenters. The summed E-state index contributed by atoms with van der Waals surface area (Å²) in [7, 11) is -3.12. The van der Waals surface area contributed by atoms with E-state index in [2.05, 4.69) is 15.1 Å². The SMILES string of the molecule is O=S(=O)(C1CC1)N1CCC(c2nc(-c3ccncc3)no2)C1. The van der Waals surface area contributed by atoms with Gasteiger partial charge in [0.05, 0.1) is 11.2 Å². The Morgan fingerprint density at radius 2 is 1.95 bits per heavy atom. The van der Waals surface area contributed by atoms with E-state index < -0.39 is 10.0 Å². The molecule has 8 heteroatoms. The lowest BCUT2D eigenvalue weighted by molar-refractivity contribution is 0.354. The highest BCUT2D eigenvalue weighted by atomic mass is 32.2. The van der Waals surface area contributed by atoms with Gasteiger partial charge in [-0.2, -0.15) is 4.98 Å². The highest BCUT2D eigenvalue weighted by molar-refractivity contribution is 7.90. The monoisotopic (exact) mass is 320 g/mol. The summed E-state index contributed by atoms with van der Waals surface area (Å²) in [6.07, 6.45) is 5.65. The first-order chi connectivity index (χ1) is 10.6. The average molecular weight is 320 g/mol. The minimum absolute atomic E-state index is 0.0170. The van der Waals surface area contributed by atoms with Gasteiger partial charge in [-0.05, 0) is 31.4 Å². The van der Waals surface area contributed by atoms with Crippen molar-refractivity contribution in [1.29, 1.82) is 0 Å². The molecule has 1 aliphatic carbocycles. The van der Waals surface area contributed by atoms with E-state index in [1.54, 1.807) is 16.7 Å². The molecule has 1 aliphatic heterocycles. The van der Waals surface area contributed by atoms with E-state index in [0.29, 0.717) is 24.8 Å². The first-order valence-corrected chi connectivity index (χ1v) is 8.88. The molecule has 3 heterocycles. The summed E-state index contributed by atoms with van der Waals surface area (Å²) in [4.78, 5) is 8.37. The molecule has 0 spiro atoms. The molecule has 4 rings (SSSR count). The van der Waals surface area contributed by atoms with Crippen LogP contribution in [0.15, 0.2) is 29.0 Å². The smallest absolute Gasteiger partial charge is 0.231 e. The largest absolute Gasteiger partial charge is 0.339 e. The highest BCUT2D eigenvalue weighted by Crippen LogP contribution is 2.36. The van der Waals surface area contributed by atoms with E-state index >= 15 is 0 Å². The zero-order chi connectivity index (χ0) is 15.2. The van der Waals surface area contributed by atoms with Crippen molar-refractivity contribution in [2.75, 3.05) is 13.1 Å². The van der Waals surface area contributed by atoms with E-state index in [1.807, 2.05) is 12.1 Å². The summed E-state index contributed by atoms with van der Waals surface area (Å²) >= 11 is 0. The van der Waals surface area contributed by atoms with Crippen molar-refractivity contribution in [3.8, 4) is 11.4 Å². The third-order valence-corrected chi connectivity index (χ3v) is 6.55. The van der Waals surface area contributed by atoms with Gasteiger partial charge in [-0.15, -0.1) is 0 Å². The topological polar surface area (TPSA) is 89.2 Å². The number of pyridine rings is 1. The van der Waals surface area contributed by atoms with Crippen LogP contribution in [0.1, 0.15) is 31.1 Å². The Morgan fingerprint density at radius 3 is 2.68 bits per heavy atom. The summed E-state index contributed by atoms with van der Waals surface area (Å²) in [6.45, 7) is 0.979. The maximum absolute atomic E-state index is 12.3. The Balaban J connectivity index is 1.51. The van der Waals surface area contributed by atoms with Gasteiger partial charge in [0, 0.05) is 31.0 Å². The molecule has 1 unspecified atom stereocenters. The molecule has 22 heavy (non-hydrogen) atoms. The molecule has 0 N–H and O–H groups in total. The lowest BCUT2D eigenvalue weighted by atomic mass is 10.1. The summed E-state index contributed by atoms with van der Waals surface area (Å²) in [6, 6.07) is 3.63. The van der Waals surface area contributed by atoms with Gasteiger partial charge in [-0.1, -0.05) is 5.16 Å². The number of sulfonamides is 1. The number of nitrogens with zero attached hydrogens (tertiary/aromatic N) is 4. The van der Waals surface area contributed by atoms with Gasteiger partial charge in [-0.25, -0.2) is 12.7 Å². The van der Waals surface area contributed by atoms with Crippen LogP contribution in [0.25, 0.3) is 11.4 Å². The van der Waals surface area contributed by atoms with Gasteiger partial charge in [0.1, 0.15) is 0 Å². The summed E-state index contributed by atoms with van der Waals surface area (Å²) in [5.41, 5.74) is 0.838. The molecule has 0 bridgehead atoms. The molecule has 1 saturated heterocycles. The van der Waals surface area contributed by atoms with Crippen molar-refractivity contribution in [3.05, 3.63) is 30.4 Å². The standard InChI is InChI=1S/C14H16N4O3S/c19-22(20,12-1-2-12)18-8-5-11(9-18)14-16-13(17-21-14)10-3-6-15-7-4-10/h3-4,6-7,11-12H,1-2,5,8-9H2. The molecule has 0 radical (unpaired) electrons. The van der Waals surface area contributed by atoms with Crippen LogP contribution in [0.2, 0.25) is 0 Å². The zero-order valence-corrected chi connectivity index (χ0v) is 12.7. The van der Waals surface area contributed by atoms with Crippen molar-refractivity contribution < 1.29 is 12.9 Å². The Morgan fingerprint density at radius 1 is 1.18 bits per heavy atom. The van der Waals surface area contributed by atoms with Gasteiger partial charge in [0.25, 0.3) is 0 Å². The maximum Gasteiger partial charge on any atom is 0.231 e. The normalized spacial score (nSPS) is 23.0. The molecule has 2 aliphatic rings. The van der Waals surface area contributed by atoms with Crippen LogP contribution in [0.4, 0.5) is 0 Å². The first-order valence-electron chi connectivity index (χ1n) is 7.37. The van der Waals surface area contributed by atoms with Gasteiger partial charge >= 0.3 is 0 Å². The summed E-state index contributed by atoms with van der Waals surface area (Å²) < 4.78 is 31.4. The van der Waals surface area contributed by atoms with Crippen LogP contribution in [0.3, 0.4) is 0 Å². The second kappa shape index (κ2) is 5.13. The van der Waals surface area contributed by atoms with Crippen LogP contribution in [-0.2, 0) is 10.0 Å². The van der Waals surface area contributed by atoms with Crippen LogP contribution in [0.5, 0.6) is 0 Å². The minimum Gasteiger partial charge on any atom is -0.339 e. The molecule has 2 aromatic rings. The van der Waals surface area contributed by atoms with Crippen LogP contribution < -0.4 is 0 Å².